The number of aryl methyl sites for hydroxylation is 2. The highest BCUT2D eigenvalue weighted by Gasteiger charge is 2.59. The third-order valence-corrected chi connectivity index (χ3v) is 17.7. The van der Waals surface area contributed by atoms with Crippen LogP contribution < -0.4 is 11.4 Å². The van der Waals surface area contributed by atoms with Crippen LogP contribution in [0, 0.1) is 31.4 Å². The van der Waals surface area contributed by atoms with Gasteiger partial charge >= 0.3 is 11.4 Å². The summed E-state index contributed by atoms with van der Waals surface area (Å²) in [5.41, 5.74) is 3.05. The zero-order valence-electron chi connectivity index (χ0n) is 39.0. The van der Waals surface area contributed by atoms with Gasteiger partial charge in [-0.05, 0) is 144 Å². The van der Waals surface area contributed by atoms with Gasteiger partial charge in [0, 0.05) is 60.7 Å². The molecule has 4 aromatic heterocycles. The Hall–Kier alpha value is -6.40. The lowest BCUT2D eigenvalue weighted by atomic mass is 9.83. The van der Waals surface area contributed by atoms with Crippen LogP contribution in [0.5, 0.6) is 0 Å². The molecule has 0 radical (unpaired) electrons. The fourth-order valence-corrected chi connectivity index (χ4v) is 13.3. The topological polar surface area (TPSA) is 168 Å². The zero-order chi connectivity index (χ0) is 47.8. The summed E-state index contributed by atoms with van der Waals surface area (Å²) in [5.74, 6) is -1.17. The summed E-state index contributed by atoms with van der Waals surface area (Å²) in [5, 5.41) is 9.97. The Bertz CT molecular complexity index is 3470. The van der Waals surface area contributed by atoms with Crippen molar-refractivity contribution in [2.45, 2.75) is 113 Å². The van der Waals surface area contributed by atoms with E-state index in [4.69, 9.17) is 14.4 Å². The first-order chi connectivity index (χ1) is 32.4. The number of nitrogens with zero attached hydrogens (tertiary/aromatic N) is 8. The lowest BCUT2D eigenvalue weighted by Gasteiger charge is -2.35. The van der Waals surface area contributed by atoms with Gasteiger partial charge in [0.15, 0.2) is 5.82 Å². The number of hydrogen-bond acceptors (Lipinski definition) is 9. The molecule has 2 saturated carbocycles. The van der Waals surface area contributed by atoms with Gasteiger partial charge in [0.05, 0.1) is 43.3 Å². The summed E-state index contributed by atoms with van der Waals surface area (Å²) in [6.45, 7) is 12.4. The Morgan fingerprint density at radius 1 is 0.956 bits per heavy atom. The molecule has 1 amide bonds. The fraction of sp³-hybridized carbons (Fsp3) is 0.420. The quantitative estimate of drug-likeness (QED) is 0.151. The number of aromatic nitrogens is 7. The molecule has 0 spiro atoms. The number of hydrogen-bond donors (Lipinski definition) is 1. The average Bonchev–Trinajstić information content (AvgIpc) is 4.04. The van der Waals surface area contributed by atoms with Gasteiger partial charge in [-0.1, -0.05) is 18.1 Å². The van der Waals surface area contributed by atoms with Crippen LogP contribution in [0.1, 0.15) is 116 Å². The summed E-state index contributed by atoms with van der Waals surface area (Å²) in [4.78, 5) is 47.6. The Labute approximate surface area is 390 Å². The maximum absolute atomic E-state index is 16.1. The lowest BCUT2D eigenvalue weighted by Crippen LogP contribution is -2.41. The van der Waals surface area contributed by atoms with Crippen molar-refractivity contribution in [2.24, 2.45) is 10.3 Å². The number of benzene rings is 3. The van der Waals surface area contributed by atoms with Crippen LogP contribution in [-0.4, -0.2) is 79.7 Å². The molecule has 354 valence electrons. The second-order valence-electron chi connectivity index (χ2n) is 19.8. The van der Waals surface area contributed by atoms with Crippen molar-refractivity contribution < 1.29 is 27.0 Å². The van der Waals surface area contributed by atoms with E-state index in [-0.39, 0.29) is 51.5 Å². The Morgan fingerprint density at radius 2 is 1.69 bits per heavy atom. The summed E-state index contributed by atoms with van der Waals surface area (Å²) in [6, 6.07) is 15.1. The van der Waals surface area contributed by atoms with E-state index in [2.05, 4.69) is 53.5 Å². The first-order valence-corrected chi connectivity index (χ1v) is 24.8. The maximum Gasteiger partial charge on any atom is 0.438 e. The smallest absolute Gasteiger partial charge is 0.376 e. The zero-order valence-corrected chi connectivity index (χ0v) is 39.8. The number of ether oxygens (including phenoxy) is 1. The van der Waals surface area contributed by atoms with E-state index in [9.17, 15) is 13.8 Å². The summed E-state index contributed by atoms with van der Waals surface area (Å²) < 4.78 is 66.5. The van der Waals surface area contributed by atoms with E-state index in [1.165, 1.54) is 40.7 Å². The largest absolute Gasteiger partial charge is 0.438 e. The normalized spacial score (nSPS) is 23.1. The molecule has 4 aliphatic rings. The highest BCUT2D eigenvalue weighted by molar-refractivity contribution is 7.94. The molecule has 3 fully saturated rings. The number of amides is 1. The van der Waals surface area contributed by atoms with Gasteiger partial charge in [0.25, 0.3) is 5.91 Å². The molecule has 3 aromatic carbocycles. The van der Waals surface area contributed by atoms with Gasteiger partial charge in [0.2, 0.25) is 0 Å². The second-order valence-corrected chi connectivity index (χ2v) is 22.4. The van der Waals surface area contributed by atoms with E-state index >= 15 is 13.6 Å². The van der Waals surface area contributed by atoms with Crippen molar-refractivity contribution in [3.05, 3.63) is 139 Å². The average molecular weight is 946 g/mol. The van der Waals surface area contributed by atoms with Crippen molar-refractivity contribution in [2.75, 3.05) is 20.2 Å². The molecule has 15 nitrogen and oxygen atoms in total. The standard InChI is InChI=1S/C50H53F2N9O6S/c1-27-20-34(21-28(2)43(27)52)61-44(59-18-17-58(48(59)64)40-13-11-36(24-37(40)51)68(65,53-7)35-9-10-35)42-30(4)57(16-14-38(42)55-61)45(62)41-23-33-22-31(32-15-19-66-49(5,6)26-32)8-12-39(33)60(41)50(25-29(50)3)46-54-47(63)67-56-46/h8,11-13,17-18,20-24,29-30,32,35H,9-10,14-16,19,25-26H2,1-7H3,(H,54,56,63)/t29-,30-,32?,50-,68?/m0/s1. The maximum atomic E-state index is 16.1. The predicted molar refractivity (Wildman–Crippen MR) is 251 cm³/mol. The van der Waals surface area contributed by atoms with Crippen molar-refractivity contribution >= 4 is 26.5 Å². The fourth-order valence-electron chi connectivity index (χ4n) is 11.1. The van der Waals surface area contributed by atoms with Crippen molar-refractivity contribution in [1.29, 1.82) is 0 Å². The van der Waals surface area contributed by atoms with Gasteiger partial charge < -0.3 is 14.2 Å². The molecular formula is C50H53F2N9O6S. The third-order valence-electron chi connectivity index (χ3n) is 14.9. The minimum Gasteiger partial charge on any atom is -0.376 e. The van der Waals surface area contributed by atoms with Crippen molar-refractivity contribution in [3.63, 3.8) is 0 Å². The highest BCUT2D eigenvalue weighted by Crippen LogP contribution is 2.56. The number of rotatable bonds is 9. The number of aromatic amines is 1. The minimum absolute atomic E-state index is 0.0138. The molecule has 6 heterocycles. The molecule has 5 atom stereocenters. The van der Waals surface area contributed by atoms with Crippen LogP contribution in [0.3, 0.4) is 0 Å². The predicted octanol–water partition coefficient (Wildman–Crippen LogP) is 8.17. The SMILES string of the molecule is CN=S(=O)(c1ccc(-n2ccn(-c3c4c(nn3-c3cc(C)c(F)c(C)c3)CCN(C(=O)c3cc5cc(C6CCOC(C)(C)C6)ccc5n3[C@@]3(c5noc(=O)[nH]5)C[C@@H]3C)[C@H]4C)c2=O)c(F)c1)C1CC1. The van der Waals surface area contributed by atoms with E-state index in [0.29, 0.717) is 64.9 Å². The monoisotopic (exact) mass is 945 g/mol. The van der Waals surface area contributed by atoms with Gasteiger partial charge in [-0.25, -0.2) is 31.6 Å². The molecule has 2 aliphatic carbocycles. The van der Waals surface area contributed by atoms with Gasteiger partial charge in [-0.2, -0.15) is 5.10 Å². The van der Waals surface area contributed by atoms with Crippen molar-refractivity contribution in [3.8, 4) is 17.2 Å². The molecule has 2 aliphatic heterocycles. The number of halogens is 2. The van der Waals surface area contributed by atoms with Crippen LogP contribution in [0.15, 0.2) is 90.4 Å². The van der Waals surface area contributed by atoms with E-state index < -0.39 is 38.6 Å². The molecule has 68 heavy (non-hydrogen) atoms. The van der Waals surface area contributed by atoms with Gasteiger partial charge in [0.1, 0.15) is 28.7 Å². The molecule has 11 rings (SSSR count). The number of H-pyrrole nitrogens is 1. The molecular weight excluding hydrogens is 893 g/mol. The molecule has 7 aromatic rings. The molecule has 2 unspecified atom stereocenters. The number of carbonyl (C=O) groups is 1. The van der Waals surface area contributed by atoms with Crippen LogP contribution in [-0.2, 0) is 26.4 Å². The number of imidazole rings is 1. The minimum atomic E-state index is -2.82. The third kappa shape index (κ3) is 6.79. The highest BCUT2D eigenvalue weighted by atomic mass is 32.2. The second kappa shape index (κ2) is 15.6. The first kappa shape index (κ1) is 44.1. The Balaban J connectivity index is 1.04. The van der Waals surface area contributed by atoms with Crippen LogP contribution in [0.2, 0.25) is 0 Å². The lowest BCUT2D eigenvalue weighted by molar-refractivity contribution is -0.0592. The van der Waals surface area contributed by atoms with E-state index in [0.717, 1.165) is 42.1 Å². The molecule has 1 saturated heterocycles. The van der Waals surface area contributed by atoms with Crippen LogP contribution in [0.4, 0.5) is 8.78 Å². The van der Waals surface area contributed by atoms with Crippen molar-refractivity contribution in [1.82, 2.24) is 38.5 Å². The van der Waals surface area contributed by atoms with E-state index in [1.807, 2.05) is 17.6 Å². The van der Waals surface area contributed by atoms with Crippen LogP contribution in [0.25, 0.3) is 28.1 Å². The van der Waals surface area contributed by atoms with Crippen LogP contribution >= 0.6 is 0 Å². The van der Waals surface area contributed by atoms with E-state index in [1.54, 1.807) is 41.6 Å². The van der Waals surface area contributed by atoms with Gasteiger partial charge in [-0.3, -0.25) is 23.4 Å². The molecule has 1 N–H and O–H groups in total. The summed E-state index contributed by atoms with van der Waals surface area (Å²) in [7, 11) is -1.33. The molecule has 0 bridgehead atoms. The summed E-state index contributed by atoms with van der Waals surface area (Å²) >= 11 is 0. The summed E-state index contributed by atoms with van der Waals surface area (Å²) in [6.07, 6.45) is 7.12. The number of nitrogens with one attached hydrogen (secondary N) is 1. The Morgan fingerprint density at radius 3 is 2.34 bits per heavy atom. The Kier molecular flexibility index (Phi) is 10.1. The number of carbonyl (C=O) groups excluding carboxylic acids is 1. The number of fused-ring (bicyclic) bond motifs is 2. The van der Waals surface area contributed by atoms with Gasteiger partial charge in [-0.15, -0.1) is 0 Å². The first-order valence-electron chi connectivity index (χ1n) is 23.2. The molecule has 18 heteroatoms.